The molecule has 1 nitrogen and oxygen atoms in total. The van der Waals surface area contributed by atoms with Gasteiger partial charge >= 0.3 is 0 Å². The number of carbonyl (C=O) groups excluding carboxylic acids is 1. The van der Waals surface area contributed by atoms with Crippen LogP contribution in [0.1, 0.15) is 34.9 Å². The van der Waals surface area contributed by atoms with Gasteiger partial charge in [-0.3, -0.25) is 4.79 Å². The van der Waals surface area contributed by atoms with Crippen molar-refractivity contribution in [3.8, 4) is 0 Å². The lowest BCUT2D eigenvalue weighted by Gasteiger charge is -2.11. The number of hydrogen-bond donors (Lipinski definition) is 0. The first-order valence-corrected chi connectivity index (χ1v) is 6.03. The average Bonchev–Trinajstić information content (AvgIpc) is 2.27. The molecule has 1 rings (SSSR count). The second kappa shape index (κ2) is 5.73. The summed E-state index contributed by atoms with van der Waals surface area (Å²) in [6.45, 7) is 1.40. The van der Waals surface area contributed by atoms with Crippen LogP contribution >= 0.6 is 27.5 Å². The summed E-state index contributed by atoms with van der Waals surface area (Å²) in [6, 6.07) is 4.32. The normalized spacial score (nSPS) is 12.9. The van der Waals surface area contributed by atoms with Gasteiger partial charge in [0.05, 0.1) is 4.83 Å². The second-order valence-corrected chi connectivity index (χ2v) is 4.60. The number of hydrogen-bond acceptors (Lipinski definition) is 1. The van der Waals surface area contributed by atoms with Crippen molar-refractivity contribution in [1.29, 1.82) is 0 Å². The molecule has 1 aromatic rings. The van der Waals surface area contributed by atoms with Gasteiger partial charge in [-0.15, -0.1) is 11.6 Å². The molecule has 1 atom stereocenters. The molecule has 0 amide bonds. The Morgan fingerprint density at radius 3 is 2.38 bits per heavy atom. The van der Waals surface area contributed by atoms with Gasteiger partial charge in [0.15, 0.2) is 0 Å². The van der Waals surface area contributed by atoms with Crippen LogP contribution < -0.4 is 0 Å². The third-order valence-electron chi connectivity index (χ3n) is 2.09. The Balaban J connectivity index is 3.18. The van der Waals surface area contributed by atoms with Crippen LogP contribution in [0, 0.1) is 0 Å². The fraction of sp³-hybridized carbons (Fsp3) is 0.364. The maximum atomic E-state index is 12.6. The topological polar surface area (TPSA) is 17.1 Å². The van der Waals surface area contributed by atoms with E-state index < -0.39 is 11.3 Å². The van der Waals surface area contributed by atoms with E-state index in [2.05, 4.69) is 15.9 Å². The highest BCUT2D eigenvalue weighted by Gasteiger charge is 2.16. The molecule has 0 fully saturated rings. The van der Waals surface area contributed by atoms with Crippen molar-refractivity contribution in [2.45, 2.75) is 24.1 Å². The van der Waals surface area contributed by atoms with Crippen molar-refractivity contribution < 1.29 is 13.6 Å². The lowest BCUT2D eigenvalue weighted by molar-refractivity contribution is -0.116. The van der Waals surface area contributed by atoms with Gasteiger partial charge in [-0.05, 0) is 30.2 Å². The Morgan fingerprint density at radius 1 is 1.38 bits per heavy atom. The summed E-state index contributed by atoms with van der Waals surface area (Å²) in [4.78, 5) is 10.6. The maximum Gasteiger partial charge on any atom is 0.263 e. The molecule has 0 aromatic heterocycles. The predicted octanol–water partition coefficient (Wildman–Crippen LogP) is 4.39. The summed E-state index contributed by atoms with van der Waals surface area (Å²) in [5, 5.41) is 0. The Bertz CT molecular complexity index is 396. The molecular weight excluding hydrogens is 301 g/mol. The van der Waals surface area contributed by atoms with Crippen molar-refractivity contribution in [2.24, 2.45) is 0 Å². The summed E-state index contributed by atoms with van der Waals surface area (Å²) in [7, 11) is 0. The van der Waals surface area contributed by atoms with E-state index in [1.165, 1.54) is 19.1 Å². The summed E-state index contributed by atoms with van der Waals surface area (Å²) >= 11 is 8.77. The van der Waals surface area contributed by atoms with Crippen LogP contribution in [0.2, 0.25) is 0 Å². The van der Waals surface area contributed by atoms with Gasteiger partial charge in [0.1, 0.15) is 5.78 Å². The van der Waals surface area contributed by atoms with E-state index in [0.29, 0.717) is 11.1 Å². The van der Waals surface area contributed by atoms with E-state index in [9.17, 15) is 13.6 Å². The van der Waals surface area contributed by atoms with Gasteiger partial charge in [-0.1, -0.05) is 22.0 Å². The van der Waals surface area contributed by atoms with Crippen LogP contribution in [0.25, 0.3) is 0 Å². The van der Waals surface area contributed by atoms with Crippen LogP contribution in [-0.4, -0.2) is 5.78 Å². The molecule has 5 heteroatoms. The molecular formula is C11H10BrClF2O. The van der Waals surface area contributed by atoms with Crippen molar-refractivity contribution >= 4 is 33.3 Å². The Labute approximate surface area is 106 Å². The van der Waals surface area contributed by atoms with E-state index >= 15 is 0 Å². The number of benzene rings is 1. The third kappa shape index (κ3) is 3.25. The number of rotatable bonds is 4. The molecule has 0 aliphatic rings. The van der Waals surface area contributed by atoms with Crippen LogP contribution in [-0.2, 0) is 10.7 Å². The Morgan fingerprint density at radius 2 is 1.94 bits per heavy atom. The molecule has 0 saturated heterocycles. The molecule has 0 aliphatic heterocycles. The van der Waals surface area contributed by atoms with Gasteiger partial charge in [-0.25, -0.2) is 8.78 Å². The largest absolute Gasteiger partial charge is 0.298 e. The molecule has 0 bridgehead atoms. The van der Waals surface area contributed by atoms with Crippen molar-refractivity contribution in [3.63, 3.8) is 0 Å². The van der Waals surface area contributed by atoms with Gasteiger partial charge in [-0.2, -0.15) is 0 Å². The zero-order valence-electron chi connectivity index (χ0n) is 8.51. The van der Waals surface area contributed by atoms with Gasteiger partial charge in [0, 0.05) is 11.4 Å². The van der Waals surface area contributed by atoms with Crippen LogP contribution in [0.4, 0.5) is 8.78 Å². The van der Waals surface area contributed by atoms with Gasteiger partial charge in [0.25, 0.3) is 6.43 Å². The fourth-order valence-corrected chi connectivity index (χ4v) is 1.75. The Hall–Kier alpha value is -0.480. The summed E-state index contributed by atoms with van der Waals surface area (Å²) in [6.07, 6.45) is -2.56. The van der Waals surface area contributed by atoms with E-state index in [4.69, 9.17) is 11.6 Å². The molecule has 0 radical (unpaired) electrons. The van der Waals surface area contributed by atoms with E-state index in [0.717, 1.165) is 0 Å². The SMILES string of the molecule is CC(=O)C(Br)c1cc(CCl)cc(C(F)F)c1. The zero-order chi connectivity index (χ0) is 12.3. The summed E-state index contributed by atoms with van der Waals surface area (Å²) in [5.41, 5.74) is 0.986. The fourth-order valence-electron chi connectivity index (χ4n) is 1.33. The second-order valence-electron chi connectivity index (χ2n) is 3.42. The van der Waals surface area contributed by atoms with Crippen LogP contribution in [0.15, 0.2) is 18.2 Å². The minimum atomic E-state index is -2.56. The summed E-state index contributed by atoms with van der Waals surface area (Å²) in [5.74, 6) is 0.0116. The van der Waals surface area contributed by atoms with Crippen LogP contribution in [0.5, 0.6) is 0 Å². The van der Waals surface area contributed by atoms with Crippen molar-refractivity contribution in [1.82, 2.24) is 0 Å². The number of halogens is 4. The zero-order valence-corrected chi connectivity index (χ0v) is 10.9. The molecule has 0 N–H and O–H groups in total. The number of alkyl halides is 4. The highest BCUT2D eigenvalue weighted by molar-refractivity contribution is 9.09. The minimum Gasteiger partial charge on any atom is -0.298 e. The quantitative estimate of drug-likeness (QED) is 0.754. The summed E-state index contributed by atoms with van der Waals surface area (Å²) < 4.78 is 25.2. The molecule has 0 spiro atoms. The lowest BCUT2D eigenvalue weighted by atomic mass is 10.0. The van der Waals surface area contributed by atoms with Gasteiger partial charge < -0.3 is 0 Å². The Kier molecular flexibility index (Phi) is 4.87. The lowest BCUT2D eigenvalue weighted by Crippen LogP contribution is -2.03. The molecule has 1 unspecified atom stereocenters. The number of Topliss-reactive ketones (excluding diaryl/α,β-unsaturated/α-hetero) is 1. The smallest absolute Gasteiger partial charge is 0.263 e. The van der Waals surface area contributed by atoms with Crippen molar-refractivity contribution in [3.05, 3.63) is 34.9 Å². The average molecular weight is 312 g/mol. The number of carbonyl (C=O) groups is 1. The molecule has 1 aromatic carbocycles. The van der Waals surface area contributed by atoms with Crippen molar-refractivity contribution in [2.75, 3.05) is 0 Å². The number of ketones is 1. The predicted molar refractivity (Wildman–Crippen MR) is 63.3 cm³/mol. The van der Waals surface area contributed by atoms with Gasteiger partial charge in [0.2, 0.25) is 0 Å². The monoisotopic (exact) mass is 310 g/mol. The standard InChI is InChI=1S/C11H10BrClF2O/c1-6(16)10(12)8-2-7(5-13)3-9(4-8)11(14)15/h2-4,10-11H,5H2,1H3. The molecule has 0 saturated carbocycles. The van der Waals surface area contributed by atoms with Crippen LogP contribution in [0.3, 0.4) is 0 Å². The van der Waals surface area contributed by atoms with E-state index in [1.807, 2.05) is 0 Å². The molecule has 16 heavy (non-hydrogen) atoms. The first-order valence-electron chi connectivity index (χ1n) is 4.58. The minimum absolute atomic E-state index is 0.112. The highest BCUT2D eigenvalue weighted by Crippen LogP contribution is 2.29. The third-order valence-corrected chi connectivity index (χ3v) is 3.58. The molecule has 0 aliphatic carbocycles. The first kappa shape index (κ1) is 13.6. The van der Waals surface area contributed by atoms with E-state index in [1.54, 1.807) is 6.07 Å². The van der Waals surface area contributed by atoms with E-state index in [-0.39, 0.29) is 17.2 Å². The molecule has 0 heterocycles. The molecule has 88 valence electrons. The maximum absolute atomic E-state index is 12.6. The first-order chi connectivity index (χ1) is 7.45. The highest BCUT2D eigenvalue weighted by atomic mass is 79.9.